The van der Waals surface area contributed by atoms with Crippen LogP contribution in [-0.2, 0) is 9.47 Å². The van der Waals surface area contributed by atoms with E-state index in [0.29, 0.717) is 19.0 Å². The molecule has 0 bridgehead atoms. The van der Waals surface area contributed by atoms with Crippen molar-refractivity contribution in [2.75, 3.05) is 26.1 Å². The number of benzene rings is 1. The Kier molecular flexibility index (Phi) is 5.70. The first-order valence-corrected chi connectivity index (χ1v) is 7.65. The SMILES string of the molecule is CCOC(CSc1nc2ccc(OC)cc2[nH]1)OCC. The van der Waals surface area contributed by atoms with E-state index in [1.807, 2.05) is 32.0 Å². The second kappa shape index (κ2) is 7.52. The lowest BCUT2D eigenvalue weighted by Crippen LogP contribution is -2.20. The molecule has 1 aromatic carbocycles. The summed E-state index contributed by atoms with van der Waals surface area (Å²) in [6.07, 6.45) is -0.197. The topological polar surface area (TPSA) is 56.4 Å². The largest absolute Gasteiger partial charge is 0.497 e. The van der Waals surface area contributed by atoms with Crippen molar-refractivity contribution in [2.45, 2.75) is 25.3 Å². The van der Waals surface area contributed by atoms with Crippen LogP contribution in [0, 0.1) is 0 Å². The minimum absolute atomic E-state index is 0.197. The third-order valence-electron chi connectivity index (χ3n) is 2.73. The summed E-state index contributed by atoms with van der Waals surface area (Å²) < 4.78 is 16.2. The zero-order valence-electron chi connectivity index (χ0n) is 12.0. The highest BCUT2D eigenvalue weighted by atomic mass is 32.2. The molecule has 0 aliphatic carbocycles. The summed E-state index contributed by atoms with van der Waals surface area (Å²) in [6, 6.07) is 5.78. The molecule has 0 aliphatic rings. The highest BCUT2D eigenvalue weighted by Gasteiger charge is 2.11. The van der Waals surface area contributed by atoms with Crippen molar-refractivity contribution in [3.05, 3.63) is 18.2 Å². The maximum Gasteiger partial charge on any atom is 0.166 e. The molecular weight excluding hydrogens is 276 g/mol. The quantitative estimate of drug-likeness (QED) is 0.599. The average molecular weight is 296 g/mol. The summed E-state index contributed by atoms with van der Waals surface area (Å²) in [5, 5.41) is 0.859. The number of hydrogen-bond acceptors (Lipinski definition) is 5. The van der Waals surface area contributed by atoms with Crippen LogP contribution in [0.4, 0.5) is 0 Å². The summed E-state index contributed by atoms with van der Waals surface area (Å²) in [7, 11) is 1.65. The van der Waals surface area contributed by atoms with E-state index in [1.165, 1.54) is 0 Å². The zero-order valence-corrected chi connectivity index (χ0v) is 12.8. The van der Waals surface area contributed by atoms with Gasteiger partial charge in [-0.25, -0.2) is 4.98 Å². The number of imidazole rings is 1. The molecule has 0 atom stereocenters. The van der Waals surface area contributed by atoms with Crippen LogP contribution >= 0.6 is 11.8 Å². The third kappa shape index (κ3) is 3.88. The van der Waals surface area contributed by atoms with Crippen molar-refractivity contribution < 1.29 is 14.2 Å². The van der Waals surface area contributed by atoms with Gasteiger partial charge in [-0.05, 0) is 26.0 Å². The van der Waals surface area contributed by atoms with E-state index in [4.69, 9.17) is 14.2 Å². The van der Waals surface area contributed by atoms with Crippen molar-refractivity contribution in [1.29, 1.82) is 0 Å². The Bertz CT molecular complexity index is 538. The minimum Gasteiger partial charge on any atom is -0.497 e. The molecule has 1 heterocycles. The van der Waals surface area contributed by atoms with Crippen molar-refractivity contribution in [2.24, 2.45) is 0 Å². The lowest BCUT2D eigenvalue weighted by atomic mass is 10.3. The summed E-state index contributed by atoms with van der Waals surface area (Å²) in [5.74, 6) is 1.53. The maximum absolute atomic E-state index is 5.51. The van der Waals surface area contributed by atoms with Gasteiger partial charge in [-0.1, -0.05) is 11.8 Å². The van der Waals surface area contributed by atoms with Gasteiger partial charge in [-0.15, -0.1) is 0 Å². The van der Waals surface area contributed by atoms with Crippen LogP contribution in [0.25, 0.3) is 11.0 Å². The van der Waals surface area contributed by atoms with Gasteiger partial charge in [0.25, 0.3) is 0 Å². The van der Waals surface area contributed by atoms with Crippen molar-refractivity contribution in [3.63, 3.8) is 0 Å². The lowest BCUT2D eigenvalue weighted by molar-refractivity contribution is -0.120. The number of nitrogens with one attached hydrogen (secondary N) is 1. The number of hydrogen-bond donors (Lipinski definition) is 1. The van der Waals surface area contributed by atoms with Crippen LogP contribution < -0.4 is 4.74 Å². The molecule has 20 heavy (non-hydrogen) atoms. The minimum atomic E-state index is -0.197. The summed E-state index contributed by atoms with van der Waals surface area (Å²) >= 11 is 1.59. The monoisotopic (exact) mass is 296 g/mol. The number of rotatable bonds is 8. The Morgan fingerprint density at radius 3 is 2.65 bits per heavy atom. The zero-order chi connectivity index (χ0) is 14.4. The van der Waals surface area contributed by atoms with Gasteiger partial charge in [0.1, 0.15) is 5.75 Å². The predicted molar refractivity (Wildman–Crippen MR) is 80.4 cm³/mol. The smallest absolute Gasteiger partial charge is 0.166 e. The number of thioether (sulfide) groups is 1. The first-order valence-electron chi connectivity index (χ1n) is 6.66. The average Bonchev–Trinajstić information content (AvgIpc) is 2.87. The molecule has 0 aliphatic heterocycles. The second-order valence-corrected chi connectivity index (χ2v) is 5.08. The van der Waals surface area contributed by atoms with E-state index in [2.05, 4.69) is 9.97 Å². The fraction of sp³-hybridized carbons (Fsp3) is 0.500. The number of H-pyrrole nitrogens is 1. The van der Waals surface area contributed by atoms with Crippen molar-refractivity contribution in [3.8, 4) is 5.75 Å². The molecule has 2 rings (SSSR count). The molecule has 6 heteroatoms. The highest BCUT2D eigenvalue weighted by molar-refractivity contribution is 7.99. The summed E-state index contributed by atoms with van der Waals surface area (Å²) in [6.45, 7) is 5.21. The number of methoxy groups -OCH3 is 1. The van der Waals surface area contributed by atoms with Crippen LogP contribution in [-0.4, -0.2) is 42.3 Å². The fourth-order valence-electron chi connectivity index (χ4n) is 1.82. The van der Waals surface area contributed by atoms with Gasteiger partial charge in [0.2, 0.25) is 0 Å². The Balaban J connectivity index is 2.02. The molecule has 1 N–H and O–H groups in total. The molecule has 0 spiro atoms. The van der Waals surface area contributed by atoms with E-state index < -0.39 is 0 Å². The number of nitrogens with zero attached hydrogens (tertiary/aromatic N) is 1. The second-order valence-electron chi connectivity index (χ2n) is 4.08. The standard InChI is InChI=1S/C14H20N2O3S/c1-4-18-13(19-5-2)9-20-14-15-11-7-6-10(17-3)8-12(11)16-14/h6-8,13H,4-5,9H2,1-3H3,(H,15,16). The van der Waals surface area contributed by atoms with Crippen LogP contribution in [0.3, 0.4) is 0 Å². The first-order chi connectivity index (χ1) is 9.76. The Hall–Kier alpha value is -1.24. The van der Waals surface area contributed by atoms with Gasteiger partial charge in [0.05, 0.1) is 23.9 Å². The van der Waals surface area contributed by atoms with Crippen LogP contribution in [0.15, 0.2) is 23.4 Å². The molecule has 2 aromatic rings. The van der Waals surface area contributed by atoms with Crippen LogP contribution in [0.5, 0.6) is 5.75 Å². The van der Waals surface area contributed by atoms with Gasteiger partial charge in [-0.2, -0.15) is 0 Å². The Labute approximate surface area is 123 Å². The van der Waals surface area contributed by atoms with Crippen molar-refractivity contribution in [1.82, 2.24) is 9.97 Å². The normalized spacial score (nSPS) is 11.4. The van der Waals surface area contributed by atoms with E-state index in [-0.39, 0.29) is 6.29 Å². The number of aromatic amines is 1. The van der Waals surface area contributed by atoms with Crippen molar-refractivity contribution >= 4 is 22.8 Å². The molecule has 0 unspecified atom stereocenters. The fourth-order valence-corrected chi connectivity index (χ4v) is 2.66. The van der Waals surface area contributed by atoms with Gasteiger partial charge in [0, 0.05) is 19.3 Å². The summed E-state index contributed by atoms with van der Waals surface area (Å²) in [4.78, 5) is 7.79. The molecule has 5 nitrogen and oxygen atoms in total. The first kappa shape index (κ1) is 15.2. The number of ether oxygens (including phenoxy) is 3. The van der Waals surface area contributed by atoms with Crippen LogP contribution in [0.2, 0.25) is 0 Å². The molecule has 0 radical (unpaired) electrons. The molecule has 0 saturated carbocycles. The lowest BCUT2D eigenvalue weighted by Gasteiger charge is -2.15. The molecule has 0 saturated heterocycles. The molecule has 0 fully saturated rings. The van der Waals surface area contributed by atoms with Gasteiger partial charge < -0.3 is 19.2 Å². The van der Waals surface area contributed by atoms with Gasteiger partial charge in [0.15, 0.2) is 11.4 Å². The molecular formula is C14H20N2O3S. The van der Waals surface area contributed by atoms with E-state index >= 15 is 0 Å². The Morgan fingerprint density at radius 1 is 1.25 bits per heavy atom. The molecule has 0 amide bonds. The third-order valence-corrected chi connectivity index (χ3v) is 3.63. The van der Waals surface area contributed by atoms with Crippen LogP contribution in [0.1, 0.15) is 13.8 Å². The number of fused-ring (bicyclic) bond motifs is 1. The number of aromatic nitrogens is 2. The maximum atomic E-state index is 5.51. The Morgan fingerprint density at radius 2 is 2.00 bits per heavy atom. The van der Waals surface area contributed by atoms with E-state index in [0.717, 1.165) is 21.9 Å². The van der Waals surface area contributed by atoms with Gasteiger partial charge >= 0.3 is 0 Å². The highest BCUT2D eigenvalue weighted by Crippen LogP contribution is 2.24. The molecule has 110 valence electrons. The predicted octanol–water partition coefficient (Wildman–Crippen LogP) is 3.06. The molecule has 1 aromatic heterocycles. The van der Waals surface area contributed by atoms with E-state index in [9.17, 15) is 0 Å². The van der Waals surface area contributed by atoms with E-state index in [1.54, 1.807) is 18.9 Å². The van der Waals surface area contributed by atoms with Gasteiger partial charge in [-0.3, -0.25) is 0 Å². The summed E-state index contributed by atoms with van der Waals surface area (Å²) in [5.41, 5.74) is 1.90.